The molecule has 206 valence electrons. The molecular weight excluding hydrogens is 498 g/mol. The minimum atomic E-state index is -0.719. The molecule has 0 radical (unpaired) electrons. The van der Waals surface area contributed by atoms with Gasteiger partial charge in [0.15, 0.2) is 23.0 Å². The molecule has 2 aromatic carbocycles. The number of rotatable bonds is 14. The highest BCUT2D eigenvalue weighted by Crippen LogP contribution is 2.31. The highest BCUT2D eigenvalue weighted by atomic mass is 16.7. The Kier molecular flexibility index (Phi) is 11.0. The van der Waals surface area contributed by atoms with Gasteiger partial charge in [-0.2, -0.15) is 0 Å². The Bertz CT molecular complexity index is 1190. The summed E-state index contributed by atoms with van der Waals surface area (Å²) in [5.74, 6) is -1.79. The third-order valence-electron chi connectivity index (χ3n) is 6.36. The summed E-state index contributed by atoms with van der Waals surface area (Å²) in [5.41, 5.74) is 2.31. The van der Waals surface area contributed by atoms with Crippen LogP contribution in [0.1, 0.15) is 48.8 Å². The number of methoxy groups -OCH3 is 1. The van der Waals surface area contributed by atoms with E-state index < -0.39 is 30.4 Å². The van der Waals surface area contributed by atoms with Crippen LogP contribution in [-0.2, 0) is 31.9 Å². The molecule has 3 aromatic rings. The Hall–Kier alpha value is -4.20. The van der Waals surface area contributed by atoms with E-state index in [1.807, 2.05) is 43.3 Å². The van der Waals surface area contributed by atoms with Crippen LogP contribution in [0.4, 0.5) is 0 Å². The highest BCUT2D eigenvalue weighted by molar-refractivity contribution is 5.99. The molecule has 0 saturated carbocycles. The normalized spacial score (nSPS) is 12.3. The average Bonchev–Trinajstić information content (AvgIpc) is 2.93. The van der Waals surface area contributed by atoms with E-state index in [2.05, 4.69) is 29.2 Å². The van der Waals surface area contributed by atoms with Gasteiger partial charge in [-0.1, -0.05) is 67.6 Å². The Morgan fingerprint density at radius 1 is 0.872 bits per heavy atom. The molecule has 0 fully saturated rings. The van der Waals surface area contributed by atoms with Gasteiger partial charge in [-0.05, 0) is 30.9 Å². The van der Waals surface area contributed by atoms with Crippen LogP contribution in [0.25, 0.3) is 0 Å². The number of nitrogens with zero attached hydrogens (tertiary/aromatic N) is 1. The number of pyridine rings is 1. The number of ketones is 1. The first-order valence-corrected chi connectivity index (χ1v) is 12.9. The fourth-order valence-corrected chi connectivity index (χ4v) is 4.19. The summed E-state index contributed by atoms with van der Waals surface area (Å²) in [6, 6.07) is 21.7. The van der Waals surface area contributed by atoms with Crippen LogP contribution in [-0.4, -0.2) is 42.7 Å². The first-order valence-electron chi connectivity index (χ1n) is 12.9. The fraction of sp³-hybridized carbons (Fsp3) is 0.355. The average molecular weight is 534 g/mol. The van der Waals surface area contributed by atoms with Crippen LogP contribution in [0.2, 0.25) is 0 Å². The maximum Gasteiger partial charge on any atom is 0.309 e. The molecule has 0 aliphatic carbocycles. The number of esters is 2. The molecule has 0 bridgehead atoms. The summed E-state index contributed by atoms with van der Waals surface area (Å²) in [7, 11) is 1.42. The zero-order valence-electron chi connectivity index (χ0n) is 22.8. The molecule has 8 heteroatoms. The summed E-state index contributed by atoms with van der Waals surface area (Å²) < 4.78 is 21.5. The minimum Gasteiger partial charge on any atom is -0.493 e. The molecule has 0 aliphatic rings. The van der Waals surface area contributed by atoms with E-state index >= 15 is 0 Å². The molecule has 3 rings (SSSR count). The van der Waals surface area contributed by atoms with Crippen molar-refractivity contribution in [3.05, 3.63) is 89.7 Å². The van der Waals surface area contributed by atoms with Crippen molar-refractivity contribution in [2.45, 2.75) is 46.1 Å². The predicted molar refractivity (Wildman–Crippen MR) is 145 cm³/mol. The van der Waals surface area contributed by atoms with Crippen molar-refractivity contribution in [1.82, 2.24) is 4.98 Å². The Balaban J connectivity index is 1.68. The predicted octanol–water partition coefficient (Wildman–Crippen LogP) is 5.23. The van der Waals surface area contributed by atoms with Gasteiger partial charge in [0, 0.05) is 31.5 Å². The molecule has 0 aliphatic heterocycles. The van der Waals surface area contributed by atoms with Crippen LogP contribution in [0.5, 0.6) is 11.5 Å². The summed E-state index contributed by atoms with van der Waals surface area (Å²) in [5, 5.41) is 0. The van der Waals surface area contributed by atoms with Gasteiger partial charge in [0.25, 0.3) is 0 Å². The molecule has 0 saturated heterocycles. The van der Waals surface area contributed by atoms with Crippen LogP contribution < -0.4 is 9.47 Å². The first kappa shape index (κ1) is 29.4. The standard InChI is InChI=1S/C31H35NO7/c1-21(17-27(34)29-30(38-20-37-23(3)33)28(36-4)15-16-32-29)31(35)39-22(2)26(18-24-11-7-5-8-12-24)19-25-13-9-6-10-14-25/h5-16,21-22,26H,17-20H2,1-4H3/t21-,22?/m1/s1. The molecule has 1 heterocycles. The Morgan fingerprint density at radius 3 is 2.00 bits per heavy atom. The lowest BCUT2D eigenvalue weighted by atomic mass is 9.88. The molecule has 2 atom stereocenters. The molecule has 1 unspecified atom stereocenters. The van der Waals surface area contributed by atoms with Gasteiger partial charge in [0.2, 0.25) is 6.79 Å². The zero-order chi connectivity index (χ0) is 28.2. The Morgan fingerprint density at radius 2 is 1.46 bits per heavy atom. The van der Waals surface area contributed by atoms with Gasteiger partial charge in [-0.3, -0.25) is 14.4 Å². The summed E-state index contributed by atoms with van der Waals surface area (Å²) >= 11 is 0. The third kappa shape index (κ3) is 8.95. The van der Waals surface area contributed by atoms with Crippen molar-refractivity contribution in [3.8, 4) is 11.5 Å². The molecule has 0 spiro atoms. The highest BCUT2D eigenvalue weighted by Gasteiger charge is 2.28. The van der Waals surface area contributed by atoms with E-state index in [0.717, 1.165) is 24.0 Å². The van der Waals surface area contributed by atoms with Crippen LogP contribution in [0.3, 0.4) is 0 Å². The fourth-order valence-electron chi connectivity index (χ4n) is 4.19. The second-order valence-electron chi connectivity index (χ2n) is 9.40. The molecule has 0 amide bonds. The number of ether oxygens (including phenoxy) is 4. The molecule has 1 aromatic heterocycles. The Labute approximate surface area is 229 Å². The number of carbonyl (C=O) groups is 3. The van der Waals surface area contributed by atoms with Crippen LogP contribution in [0, 0.1) is 11.8 Å². The van der Waals surface area contributed by atoms with Gasteiger partial charge in [-0.15, -0.1) is 0 Å². The second-order valence-corrected chi connectivity index (χ2v) is 9.40. The minimum absolute atomic E-state index is 0.0137. The monoisotopic (exact) mass is 533 g/mol. The molecular formula is C31H35NO7. The van der Waals surface area contributed by atoms with Crippen LogP contribution >= 0.6 is 0 Å². The lowest BCUT2D eigenvalue weighted by Crippen LogP contribution is -2.30. The number of carbonyl (C=O) groups excluding carboxylic acids is 3. The first-order chi connectivity index (χ1) is 18.8. The van der Waals surface area contributed by atoms with Gasteiger partial charge < -0.3 is 18.9 Å². The van der Waals surface area contributed by atoms with Crippen molar-refractivity contribution in [2.24, 2.45) is 11.8 Å². The second kappa shape index (κ2) is 14.7. The summed E-state index contributed by atoms with van der Waals surface area (Å²) in [6.45, 7) is 4.38. The molecule has 0 N–H and O–H groups in total. The SMILES string of the molecule is COc1ccnc(C(=O)C[C@@H](C)C(=O)OC(C)C(Cc2ccccc2)Cc2ccccc2)c1OCOC(C)=O. The number of hydrogen-bond acceptors (Lipinski definition) is 8. The zero-order valence-corrected chi connectivity index (χ0v) is 22.8. The van der Waals surface area contributed by atoms with E-state index in [1.165, 1.54) is 26.3 Å². The van der Waals surface area contributed by atoms with Crippen molar-refractivity contribution < 1.29 is 33.3 Å². The van der Waals surface area contributed by atoms with E-state index in [-0.39, 0.29) is 35.6 Å². The lowest BCUT2D eigenvalue weighted by Gasteiger charge is -2.26. The van der Waals surface area contributed by atoms with Gasteiger partial charge in [-0.25, -0.2) is 4.98 Å². The van der Waals surface area contributed by atoms with Gasteiger partial charge in [0.05, 0.1) is 13.0 Å². The summed E-state index contributed by atoms with van der Waals surface area (Å²) in [6.07, 6.45) is 2.38. The van der Waals surface area contributed by atoms with E-state index in [9.17, 15) is 14.4 Å². The maximum atomic E-state index is 13.1. The number of aromatic nitrogens is 1. The van der Waals surface area contributed by atoms with Gasteiger partial charge in [0.1, 0.15) is 6.10 Å². The maximum absolute atomic E-state index is 13.1. The van der Waals surface area contributed by atoms with Crippen LogP contribution in [0.15, 0.2) is 72.9 Å². The molecule has 8 nitrogen and oxygen atoms in total. The van der Waals surface area contributed by atoms with E-state index in [4.69, 9.17) is 18.9 Å². The van der Waals surface area contributed by atoms with E-state index in [0.29, 0.717) is 0 Å². The van der Waals surface area contributed by atoms with Crippen molar-refractivity contribution in [3.63, 3.8) is 0 Å². The molecule has 39 heavy (non-hydrogen) atoms. The lowest BCUT2D eigenvalue weighted by molar-refractivity contribution is -0.155. The van der Waals surface area contributed by atoms with Crippen molar-refractivity contribution in [1.29, 1.82) is 0 Å². The summed E-state index contributed by atoms with van der Waals surface area (Å²) in [4.78, 5) is 41.4. The quantitative estimate of drug-likeness (QED) is 0.158. The van der Waals surface area contributed by atoms with Gasteiger partial charge >= 0.3 is 11.9 Å². The van der Waals surface area contributed by atoms with E-state index in [1.54, 1.807) is 6.92 Å². The third-order valence-corrected chi connectivity index (χ3v) is 6.36. The number of Topliss-reactive ketones (excluding diaryl/α,β-unsaturated/α-hetero) is 1. The van der Waals surface area contributed by atoms with Crippen molar-refractivity contribution >= 4 is 17.7 Å². The topological polar surface area (TPSA) is 101 Å². The largest absolute Gasteiger partial charge is 0.493 e. The number of benzene rings is 2. The smallest absolute Gasteiger partial charge is 0.309 e. The van der Waals surface area contributed by atoms with Crippen molar-refractivity contribution in [2.75, 3.05) is 13.9 Å². The number of hydrogen-bond donors (Lipinski definition) is 0.